The van der Waals surface area contributed by atoms with Crippen molar-refractivity contribution < 1.29 is 4.39 Å². The second kappa shape index (κ2) is 5.63. The zero-order valence-corrected chi connectivity index (χ0v) is 14.0. The number of hydrogen-bond acceptors (Lipinski definition) is 5. The lowest BCUT2D eigenvalue weighted by molar-refractivity contribution is 0.630. The fourth-order valence-corrected chi connectivity index (χ4v) is 3.86. The van der Waals surface area contributed by atoms with Gasteiger partial charge in [0.1, 0.15) is 12.1 Å². The van der Waals surface area contributed by atoms with Crippen LogP contribution < -0.4 is 5.56 Å². The van der Waals surface area contributed by atoms with Gasteiger partial charge in [-0.3, -0.25) is 4.79 Å². The molecule has 0 fully saturated rings. The highest BCUT2D eigenvalue weighted by Gasteiger charge is 2.16. The van der Waals surface area contributed by atoms with Crippen LogP contribution in [0.1, 0.15) is 0 Å². The third-order valence-corrected chi connectivity index (χ3v) is 5.00. The Morgan fingerprint density at radius 1 is 1.04 bits per heavy atom. The molecule has 8 heteroatoms. The summed E-state index contributed by atoms with van der Waals surface area (Å²) in [6.45, 7) is 0. The molecule has 2 aromatic carbocycles. The van der Waals surface area contributed by atoms with Crippen LogP contribution in [0.15, 0.2) is 64.0 Å². The molecular weight excluding hydrogens is 353 g/mol. The van der Waals surface area contributed by atoms with Crippen molar-refractivity contribution in [1.82, 2.24) is 24.9 Å². The summed E-state index contributed by atoms with van der Waals surface area (Å²) in [6, 6.07) is 6.20. The van der Waals surface area contributed by atoms with Crippen molar-refractivity contribution in [2.75, 3.05) is 0 Å². The molecule has 0 spiro atoms. The molecule has 5 aromatic rings. The Balaban J connectivity index is 1.87. The van der Waals surface area contributed by atoms with E-state index < -0.39 is 5.82 Å². The summed E-state index contributed by atoms with van der Waals surface area (Å²) < 4.78 is 13.8. The summed E-state index contributed by atoms with van der Waals surface area (Å²) in [6.07, 6.45) is 6.43. The maximum Gasteiger partial charge on any atom is 0.256 e. The third-order valence-electron chi connectivity index (χ3n) is 4.17. The van der Waals surface area contributed by atoms with Gasteiger partial charge in [-0.1, -0.05) is 0 Å². The number of benzene rings is 2. The van der Waals surface area contributed by atoms with Gasteiger partial charge < -0.3 is 9.97 Å². The van der Waals surface area contributed by atoms with Gasteiger partial charge in [0.2, 0.25) is 0 Å². The Hall–Kier alpha value is -3.26. The lowest BCUT2D eigenvalue weighted by atomic mass is 10.0. The lowest BCUT2D eigenvalue weighted by Gasteiger charge is -2.05. The number of fused-ring (bicyclic) bond motifs is 6. The number of nitrogens with one attached hydrogen (secondary N) is 2. The van der Waals surface area contributed by atoms with Gasteiger partial charge in [0.15, 0.2) is 5.16 Å². The third kappa shape index (κ3) is 2.26. The van der Waals surface area contributed by atoms with Crippen molar-refractivity contribution in [2.45, 2.75) is 10.1 Å². The first-order chi connectivity index (χ1) is 12.7. The summed E-state index contributed by atoms with van der Waals surface area (Å²) in [7, 11) is 0. The van der Waals surface area contributed by atoms with Crippen LogP contribution in [0.4, 0.5) is 4.39 Å². The van der Waals surface area contributed by atoms with E-state index >= 15 is 0 Å². The number of aromatic nitrogens is 5. The van der Waals surface area contributed by atoms with Crippen LogP contribution >= 0.6 is 11.8 Å². The van der Waals surface area contributed by atoms with Crippen molar-refractivity contribution in [3.8, 4) is 0 Å². The number of nitrogens with zero attached hydrogens (tertiary/aromatic N) is 3. The predicted molar refractivity (Wildman–Crippen MR) is 97.8 cm³/mol. The van der Waals surface area contributed by atoms with Gasteiger partial charge in [-0.25, -0.2) is 19.3 Å². The molecule has 0 aliphatic carbocycles. The predicted octanol–water partition coefficient (Wildman–Crippen LogP) is 3.64. The SMILES string of the molecule is O=c1[nH]ccc2c3nc(Sc4cncnc4)[nH]c3c3ccc(F)cc3c12. The van der Waals surface area contributed by atoms with Crippen molar-refractivity contribution >= 4 is 44.3 Å². The minimum absolute atomic E-state index is 0.270. The Morgan fingerprint density at radius 3 is 2.73 bits per heavy atom. The molecule has 0 saturated heterocycles. The van der Waals surface area contributed by atoms with E-state index in [1.165, 1.54) is 30.2 Å². The number of aromatic amines is 2. The average Bonchev–Trinajstić information content (AvgIpc) is 3.06. The van der Waals surface area contributed by atoms with Gasteiger partial charge in [0, 0.05) is 34.7 Å². The standard InChI is InChI=1S/C18H10FN5OS/c19-9-1-2-11-13(5-9)14-12(3-4-22-17(14)25)16-15(11)23-18(24-16)26-10-6-20-8-21-7-10/h1-8H,(H,22,25)(H,23,24). The minimum Gasteiger partial charge on any atom is -0.332 e. The van der Waals surface area contributed by atoms with Crippen molar-refractivity contribution in [3.63, 3.8) is 0 Å². The molecule has 26 heavy (non-hydrogen) atoms. The van der Waals surface area contributed by atoms with E-state index in [9.17, 15) is 9.18 Å². The molecule has 0 unspecified atom stereocenters. The Bertz CT molecular complexity index is 1350. The molecule has 0 amide bonds. The normalized spacial score (nSPS) is 11.6. The topological polar surface area (TPSA) is 87.3 Å². The molecule has 3 aromatic heterocycles. The number of pyridine rings is 1. The summed E-state index contributed by atoms with van der Waals surface area (Å²) in [5.74, 6) is -0.392. The molecule has 0 aliphatic rings. The molecule has 6 nitrogen and oxygen atoms in total. The first-order valence-corrected chi connectivity index (χ1v) is 8.57. The second-order valence-electron chi connectivity index (χ2n) is 5.73. The van der Waals surface area contributed by atoms with E-state index in [1.807, 2.05) is 0 Å². The van der Waals surface area contributed by atoms with Crippen molar-refractivity contribution in [3.05, 3.63) is 65.4 Å². The van der Waals surface area contributed by atoms with Gasteiger partial charge in [-0.15, -0.1) is 0 Å². The molecule has 0 radical (unpaired) electrons. The molecule has 5 rings (SSSR count). The molecule has 0 aliphatic heterocycles. The van der Waals surface area contributed by atoms with E-state index in [4.69, 9.17) is 0 Å². The first kappa shape index (κ1) is 15.0. The Kier molecular flexibility index (Phi) is 3.26. The molecule has 3 heterocycles. The van der Waals surface area contributed by atoms with E-state index in [0.29, 0.717) is 26.8 Å². The van der Waals surface area contributed by atoms with Gasteiger partial charge in [0.25, 0.3) is 5.56 Å². The van der Waals surface area contributed by atoms with Crippen LogP contribution in [-0.2, 0) is 0 Å². The second-order valence-corrected chi connectivity index (χ2v) is 6.79. The van der Waals surface area contributed by atoms with E-state index in [1.54, 1.807) is 30.7 Å². The molecule has 2 N–H and O–H groups in total. The Labute approximate surface area is 149 Å². The molecule has 0 saturated carbocycles. The fraction of sp³-hybridized carbons (Fsp3) is 0. The van der Waals surface area contributed by atoms with Crippen molar-refractivity contribution in [1.29, 1.82) is 0 Å². The minimum atomic E-state index is -0.392. The lowest BCUT2D eigenvalue weighted by Crippen LogP contribution is -2.05. The van der Waals surface area contributed by atoms with Gasteiger partial charge >= 0.3 is 0 Å². The number of rotatable bonds is 2. The number of hydrogen-bond donors (Lipinski definition) is 2. The first-order valence-electron chi connectivity index (χ1n) is 7.76. The van der Waals surface area contributed by atoms with Gasteiger partial charge in [-0.05, 0) is 36.0 Å². The van der Waals surface area contributed by atoms with Crippen LogP contribution in [-0.4, -0.2) is 24.9 Å². The summed E-state index contributed by atoms with van der Waals surface area (Å²) in [4.78, 5) is 31.8. The van der Waals surface area contributed by atoms with Crippen LogP contribution in [0.2, 0.25) is 0 Å². The van der Waals surface area contributed by atoms with E-state index in [0.717, 1.165) is 15.8 Å². The van der Waals surface area contributed by atoms with Gasteiger partial charge in [-0.2, -0.15) is 0 Å². The fourth-order valence-electron chi connectivity index (χ4n) is 3.12. The highest BCUT2D eigenvalue weighted by atomic mass is 32.2. The van der Waals surface area contributed by atoms with E-state index in [-0.39, 0.29) is 5.56 Å². The molecule has 0 bridgehead atoms. The summed E-state index contributed by atoms with van der Waals surface area (Å²) >= 11 is 1.39. The number of halogens is 1. The molecule has 126 valence electrons. The monoisotopic (exact) mass is 363 g/mol. The van der Waals surface area contributed by atoms with Crippen LogP contribution in [0.5, 0.6) is 0 Å². The van der Waals surface area contributed by atoms with E-state index in [2.05, 4.69) is 24.9 Å². The molecule has 0 atom stereocenters. The summed E-state index contributed by atoms with van der Waals surface area (Å²) in [5.41, 5.74) is 1.16. The van der Waals surface area contributed by atoms with Crippen molar-refractivity contribution in [2.24, 2.45) is 0 Å². The van der Waals surface area contributed by atoms with Gasteiger partial charge in [0.05, 0.1) is 21.3 Å². The maximum absolute atomic E-state index is 13.8. The highest BCUT2D eigenvalue weighted by Crippen LogP contribution is 2.35. The van der Waals surface area contributed by atoms with Crippen LogP contribution in [0.25, 0.3) is 32.6 Å². The summed E-state index contributed by atoms with van der Waals surface area (Å²) in [5, 5.41) is 3.05. The quantitative estimate of drug-likeness (QED) is 0.468. The molecular formula is C18H10FN5OS. The highest BCUT2D eigenvalue weighted by molar-refractivity contribution is 7.99. The maximum atomic E-state index is 13.8. The van der Waals surface area contributed by atoms with Crippen LogP contribution in [0, 0.1) is 5.82 Å². The Morgan fingerprint density at radius 2 is 1.88 bits per heavy atom. The largest absolute Gasteiger partial charge is 0.332 e. The zero-order valence-electron chi connectivity index (χ0n) is 13.2. The number of imidazole rings is 1. The van der Waals surface area contributed by atoms with Crippen LogP contribution in [0.3, 0.4) is 0 Å². The zero-order chi connectivity index (χ0) is 17.7. The number of H-pyrrole nitrogens is 2. The smallest absolute Gasteiger partial charge is 0.256 e. The average molecular weight is 363 g/mol.